The van der Waals surface area contributed by atoms with Gasteiger partial charge in [0.25, 0.3) is 0 Å². The summed E-state index contributed by atoms with van der Waals surface area (Å²) in [5, 5.41) is 3.07. The van der Waals surface area contributed by atoms with E-state index in [0.29, 0.717) is 13.2 Å². The van der Waals surface area contributed by atoms with Crippen LogP contribution >= 0.6 is 0 Å². The summed E-state index contributed by atoms with van der Waals surface area (Å²) in [7, 11) is 0. The zero-order chi connectivity index (χ0) is 6.74. The van der Waals surface area contributed by atoms with Gasteiger partial charge in [0, 0.05) is 13.1 Å². The summed E-state index contributed by atoms with van der Waals surface area (Å²) in [5.41, 5.74) is -0.571. The summed E-state index contributed by atoms with van der Waals surface area (Å²) in [6.45, 7) is 3.90. The Hall–Kier alpha value is -0.410. The van der Waals surface area contributed by atoms with Crippen molar-refractivity contribution >= 4 is 6.29 Å². The van der Waals surface area contributed by atoms with Crippen LogP contribution in [0, 0.1) is 0 Å². The standard InChI is InChI=1S/C6H11NO2/c1-6(5-8)4-7-2-3-9-6/h5,7H,2-4H2,1H3. The van der Waals surface area contributed by atoms with Crippen LogP contribution in [-0.4, -0.2) is 31.6 Å². The van der Waals surface area contributed by atoms with Gasteiger partial charge in [-0.15, -0.1) is 0 Å². The molecule has 1 aliphatic heterocycles. The van der Waals surface area contributed by atoms with E-state index >= 15 is 0 Å². The molecule has 0 aromatic carbocycles. The number of carbonyl (C=O) groups excluding carboxylic acids is 1. The number of hydrogen-bond donors (Lipinski definition) is 1. The molecule has 3 nitrogen and oxygen atoms in total. The normalized spacial score (nSPS) is 36.1. The highest BCUT2D eigenvalue weighted by Gasteiger charge is 2.26. The van der Waals surface area contributed by atoms with E-state index in [-0.39, 0.29) is 0 Å². The van der Waals surface area contributed by atoms with Gasteiger partial charge in [0.1, 0.15) is 5.60 Å². The number of hydrogen-bond acceptors (Lipinski definition) is 3. The molecule has 0 aliphatic carbocycles. The molecule has 3 heteroatoms. The fourth-order valence-corrected chi connectivity index (χ4v) is 0.820. The zero-order valence-electron chi connectivity index (χ0n) is 5.52. The molecule has 1 heterocycles. The van der Waals surface area contributed by atoms with Gasteiger partial charge in [0.2, 0.25) is 0 Å². The molecule has 1 saturated heterocycles. The van der Waals surface area contributed by atoms with Gasteiger partial charge in [-0.05, 0) is 6.92 Å². The summed E-state index contributed by atoms with van der Waals surface area (Å²) in [5.74, 6) is 0. The van der Waals surface area contributed by atoms with Crippen LogP contribution in [0.3, 0.4) is 0 Å². The van der Waals surface area contributed by atoms with Gasteiger partial charge in [-0.25, -0.2) is 0 Å². The molecule has 1 atom stereocenters. The first kappa shape index (κ1) is 6.71. The van der Waals surface area contributed by atoms with E-state index in [4.69, 9.17) is 4.74 Å². The molecule has 0 radical (unpaired) electrons. The molecule has 9 heavy (non-hydrogen) atoms. The lowest BCUT2D eigenvalue weighted by atomic mass is 10.1. The Morgan fingerprint density at radius 1 is 1.78 bits per heavy atom. The van der Waals surface area contributed by atoms with Crippen LogP contribution in [0.5, 0.6) is 0 Å². The fourth-order valence-electron chi connectivity index (χ4n) is 0.820. The Labute approximate surface area is 54.4 Å². The molecule has 1 unspecified atom stereocenters. The molecule has 1 N–H and O–H groups in total. The third-order valence-electron chi connectivity index (χ3n) is 1.44. The van der Waals surface area contributed by atoms with Gasteiger partial charge in [-0.2, -0.15) is 0 Å². The first-order chi connectivity index (χ1) is 4.27. The van der Waals surface area contributed by atoms with Gasteiger partial charge >= 0.3 is 0 Å². The maximum atomic E-state index is 10.3. The summed E-state index contributed by atoms with van der Waals surface area (Å²) >= 11 is 0. The zero-order valence-corrected chi connectivity index (χ0v) is 5.52. The predicted octanol–water partition coefficient (Wildman–Crippen LogP) is -0.436. The van der Waals surface area contributed by atoms with E-state index in [0.717, 1.165) is 12.8 Å². The lowest BCUT2D eigenvalue weighted by Gasteiger charge is -2.28. The maximum absolute atomic E-state index is 10.3. The third-order valence-corrected chi connectivity index (χ3v) is 1.44. The summed E-state index contributed by atoms with van der Waals surface area (Å²) in [6.07, 6.45) is 0.846. The number of morpholine rings is 1. The first-order valence-electron chi connectivity index (χ1n) is 3.08. The largest absolute Gasteiger partial charge is 0.365 e. The Morgan fingerprint density at radius 3 is 2.89 bits per heavy atom. The highest BCUT2D eigenvalue weighted by molar-refractivity contribution is 5.62. The molecule has 1 aliphatic rings. The van der Waals surface area contributed by atoms with Crippen LogP contribution in [0.4, 0.5) is 0 Å². The van der Waals surface area contributed by atoms with Crippen LogP contribution in [0.2, 0.25) is 0 Å². The molecule has 0 spiro atoms. The highest BCUT2D eigenvalue weighted by atomic mass is 16.5. The summed E-state index contributed by atoms with van der Waals surface area (Å²) in [4.78, 5) is 10.3. The number of ether oxygens (including phenoxy) is 1. The number of rotatable bonds is 1. The smallest absolute Gasteiger partial charge is 0.152 e. The van der Waals surface area contributed by atoms with Crippen molar-refractivity contribution in [1.82, 2.24) is 5.32 Å². The molecular formula is C6H11NO2. The maximum Gasteiger partial charge on any atom is 0.152 e. The van der Waals surface area contributed by atoms with E-state index in [9.17, 15) is 4.79 Å². The average molecular weight is 129 g/mol. The third kappa shape index (κ3) is 1.50. The van der Waals surface area contributed by atoms with Crippen LogP contribution in [0.25, 0.3) is 0 Å². The minimum absolute atomic E-state index is 0.571. The van der Waals surface area contributed by atoms with Gasteiger partial charge < -0.3 is 14.8 Å². The second-order valence-corrected chi connectivity index (χ2v) is 2.46. The lowest BCUT2D eigenvalue weighted by molar-refractivity contribution is -0.131. The minimum atomic E-state index is -0.571. The number of carbonyl (C=O) groups is 1. The monoisotopic (exact) mass is 129 g/mol. The topological polar surface area (TPSA) is 38.3 Å². The van der Waals surface area contributed by atoms with Gasteiger partial charge in [-0.3, -0.25) is 0 Å². The Morgan fingerprint density at radius 2 is 2.56 bits per heavy atom. The number of aldehydes is 1. The van der Waals surface area contributed by atoms with Crippen LogP contribution in [-0.2, 0) is 9.53 Å². The van der Waals surface area contributed by atoms with Crippen molar-refractivity contribution in [2.45, 2.75) is 12.5 Å². The van der Waals surface area contributed by atoms with Crippen molar-refractivity contribution in [3.05, 3.63) is 0 Å². The van der Waals surface area contributed by atoms with E-state index in [1.54, 1.807) is 6.92 Å². The van der Waals surface area contributed by atoms with Gasteiger partial charge in [0.05, 0.1) is 6.61 Å². The first-order valence-corrected chi connectivity index (χ1v) is 3.08. The molecule has 0 amide bonds. The average Bonchev–Trinajstić information content (AvgIpc) is 1.90. The van der Waals surface area contributed by atoms with Crippen molar-refractivity contribution in [3.8, 4) is 0 Å². The molecule has 0 aromatic heterocycles. The highest BCUT2D eigenvalue weighted by Crippen LogP contribution is 2.07. The van der Waals surface area contributed by atoms with Crippen molar-refractivity contribution in [2.75, 3.05) is 19.7 Å². The predicted molar refractivity (Wildman–Crippen MR) is 33.3 cm³/mol. The second kappa shape index (κ2) is 2.45. The van der Waals surface area contributed by atoms with E-state index in [2.05, 4.69) is 5.32 Å². The van der Waals surface area contributed by atoms with E-state index < -0.39 is 5.60 Å². The van der Waals surface area contributed by atoms with Crippen molar-refractivity contribution in [2.24, 2.45) is 0 Å². The minimum Gasteiger partial charge on any atom is -0.365 e. The van der Waals surface area contributed by atoms with Gasteiger partial charge in [-0.1, -0.05) is 0 Å². The molecule has 1 fully saturated rings. The molecule has 1 rings (SSSR count). The molecular weight excluding hydrogens is 118 g/mol. The Kier molecular flexibility index (Phi) is 1.83. The quantitative estimate of drug-likeness (QED) is 0.488. The van der Waals surface area contributed by atoms with Crippen molar-refractivity contribution in [1.29, 1.82) is 0 Å². The molecule has 0 bridgehead atoms. The molecule has 0 saturated carbocycles. The number of nitrogens with one attached hydrogen (secondary N) is 1. The molecule has 52 valence electrons. The summed E-state index contributed by atoms with van der Waals surface area (Å²) in [6, 6.07) is 0. The lowest BCUT2D eigenvalue weighted by Crippen LogP contribution is -2.48. The van der Waals surface area contributed by atoms with Crippen molar-refractivity contribution < 1.29 is 9.53 Å². The second-order valence-electron chi connectivity index (χ2n) is 2.46. The van der Waals surface area contributed by atoms with E-state index in [1.165, 1.54) is 0 Å². The molecule has 0 aromatic rings. The van der Waals surface area contributed by atoms with Gasteiger partial charge in [0.15, 0.2) is 6.29 Å². The van der Waals surface area contributed by atoms with Crippen LogP contribution in [0.1, 0.15) is 6.92 Å². The summed E-state index contributed by atoms with van der Waals surface area (Å²) < 4.78 is 5.18. The Balaban J connectivity index is 2.46. The Bertz CT molecular complexity index is 108. The van der Waals surface area contributed by atoms with Crippen LogP contribution in [0.15, 0.2) is 0 Å². The van der Waals surface area contributed by atoms with Crippen LogP contribution < -0.4 is 5.32 Å². The fraction of sp³-hybridized carbons (Fsp3) is 0.833. The SMILES string of the molecule is CC1(C=O)CNCCO1. The van der Waals surface area contributed by atoms with Crippen molar-refractivity contribution in [3.63, 3.8) is 0 Å². The van der Waals surface area contributed by atoms with E-state index in [1.807, 2.05) is 0 Å².